The van der Waals surface area contributed by atoms with Crippen LogP contribution in [0, 0.1) is 0 Å². The smallest absolute Gasteiger partial charge is 0.223 e. The Hall–Kier alpha value is -1.46. The highest BCUT2D eigenvalue weighted by atomic mass is 16.3. The lowest BCUT2D eigenvalue weighted by molar-refractivity contribution is -0.128. The van der Waals surface area contributed by atoms with E-state index in [1.807, 2.05) is 12.1 Å². The molecule has 0 atom stereocenters. The SMILES string of the molecule is O=C(CC1(O)CNC1)NCc1ccncc1. The van der Waals surface area contributed by atoms with Crippen LogP contribution in [0.5, 0.6) is 0 Å². The lowest BCUT2D eigenvalue weighted by Crippen LogP contribution is -2.61. The Bertz CT molecular complexity index is 363. The number of nitrogens with zero attached hydrogens (tertiary/aromatic N) is 1. The number of carbonyl (C=O) groups is 1. The molecule has 0 radical (unpaired) electrons. The Labute approximate surface area is 93.9 Å². The van der Waals surface area contributed by atoms with Gasteiger partial charge in [-0.3, -0.25) is 9.78 Å². The van der Waals surface area contributed by atoms with Crippen molar-refractivity contribution in [2.24, 2.45) is 0 Å². The standard InChI is InChI=1S/C11H15N3O2/c15-10(5-11(16)7-13-8-11)14-6-9-1-3-12-4-2-9/h1-4,13,16H,5-8H2,(H,14,15). The molecule has 2 heterocycles. The fourth-order valence-corrected chi connectivity index (χ4v) is 1.60. The average Bonchev–Trinajstić information content (AvgIpc) is 2.26. The summed E-state index contributed by atoms with van der Waals surface area (Å²) in [5, 5.41) is 15.5. The van der Waals surface area contributed by atoms with Gasteiger partial charge in [0.1, 0.15) is 0 Å². The lowest BCUT2D eigenvalue weighted by Gasteiger charge is -2.36. The summed E-state index contributed by atoms with van der Waals surface area (Å²) >= 11 is 0. The molecule has 1 saturated heterocycles. The van der Waals surface area contributed by atoms with Crippen LogP contribution in [-0.2, 0) is 11.3 Å². The molecule has 2 rings (SSSR count). The monoisotopic (exact) mass is 221 g/mol. The minimum atomic E-state index is -0.845. The van der Waals surface area contributed by atoms with Crippen molar-refractivity contribution in [2.45, 2.75) is 18.6 Å². The van der Waals surface area contributed by atoms with Gasteiger partial charge in [0.2, 0.25) is 5.91 Å². The largest absolute Gasteiger partial charge is 0.387 e. The minimum absolute atomic E-state index is 0.124. The van der Waals surface area contributed by atoms with E-state index in [9.17, 15) is 9.90 Å². The van der Waals surface area contributed by atoms with E-state index in [-0.39, 0.29) is 12.3 Å². The van der Waals surface area contributed by atoms with Crippen molar-refractivity contribution in [1.82, 2.24) is 15.6 Å². The van der Waals surface area contributed by atoms with Crippen molar-refractivity contribution in [3.63, 3.8) is 0 Å². The zero-order chi connectivity index (χ0) is 11.4. The van der Waals surface area contributed by atoms with Crippen molar-refractivity contribution in [1.29, 1.82) is 0 Å². The highest BCUT2D eigenvalue weighted by molar-refractivity contribution is 5.77. The van der Waals surface area contributed by atoms with Gasteiger partial charge in [0, 0.05) is 32.0 Å². The van der Waals surface area contributed by atoms with E-state index in [4.69, 9.17) is 0 Å². The predicted octanol–water partition coefficient (Wildman–Crippen LogP) is -0.578. The molecule has 5 heteroatoms. The van der Waals surface area contributed by atoms with Crippen LogP contribution >= 0.6 is 0 Å². The summed E-state index contributed by atoms with van der Waals surface area (Å²) in [6, 6.07) is 3.69. The van der Waals surface area contributed by atoms with Crippen LogP contribution in [0.25, 0.3) is 0 Å². The van der Waals surface area contributed by atoms with Crippen LogP contribution < -0.4 is 10.6 Å². The number of hydrogen-bond donors (Lipinski definition) is 3. The first kappa shape index (κ1) is 11.0. The van der Waals surface area contributed by atoms with Crippen molar-refractivity contribution in [2.75, 3.05) is 13.1 Å². The third kappa shape index (κ3) is 2.77. The number of nitrogens with one attached hydrogen (secondary N) is 2. The first-order chi connectivity index (χ1) is 7.68. The molecule has 86 valence electrons. The predicted molar refractivity (Wildman–Crippen MR) is 58.5 cm³/mol. The molecule has 16 heavy (non-hydrogen) atoms. The number of hydrogen-bond acceptors (Lipinski definition) is 4. The summed E-state index contributed by atoms with van der Waals surface area (Å²) in [6.45, 7) is 1.47. The quantitative estimate of drug-likeness (QED) is 0.636. The molecule has 3 N–H and O–H groups in total. The van der Waals surface area contributed by atoms with Gasteiger partial charge in [-0.05, 0) is 17.7 Å². The van der Waals surface area contributed by atoms with Gasteiger partial charge in [0.05, 0.1) is 12.0 Å². The third-order valence-corrected chi connectivity index (χ3v) is 2.64. The summed E-state index contributed by atoms with van der Waals surface area (Å²) in [6.07, 6.45) is 3.53. The molecule has 1 fully saturated rings. The summed E-state index contributed by atoms with van der Waals surface area (Å²) in [5.41, 5.74) is 0.157. The Morgan fingerprint density at radius 1 is 1.50 bits per heavy atom. The zero-order valence-electron chi connectivity index (χ0n) is 8.94. The Morgan fingerprint density at radius 3 is 2.75 bits per heavy atom. The second-order valence-electron chi connectivity index (χ2n) is 4.14. The molecule has 1 aromatic rings. The second-order valence-corrected chi connectivity index (χ2v) is 4.14. The van der Waals surface area contributed by atoms with Crippen LogP contribution in [0.2, 0.25) is 0 Å². The number of β-amino-alcohol motifs (C(OH)–C–C–N with tert-alkyl or cyclic N) is 1. The van der Waals surface area contributed by atoms with E-state index in [1.165, 1.54) is 0 Å². The number of aliphatic hydroxyl groups is 1. The van der Waals surface area contributed by atoms with E-state index >= 15 is 0 Å². The van der Waals surface area contributed by atoms with E-state index in [2.05, 4.69) is 15.6 Å². The van der Waals surface area contributed by atoms with E-state index < -0.39 is 5.60 Å². The van der Waals surface area contributed by atoms with Gasteiger partial charge in [-0.1, -0.05) is 0 Å². The molecule has 0 saturated carbocycles. The number of aromatic nitrogens is 1. The van der Waals surface area contributed by atoms with Crippen molar-refractivity contribution < 1.29 is 9.90 Å². The van der Waals surface area contributed by atoms with E-state index in [0.717, 1.165) is 5.56 Å². The molecule has 1 aliphatic rings. The second kappa shape index (κ2) is 4.59. The van der Waals surface area contributed by atoms with Crippen LogP contribution in [-0.4, -0.2) is 34.7 Å². The zero-order valence-corrected chi connectivity index (χ0v) is 8.94. The Kier molecular flexibility index (Phi) is 3.17. The molecule has 1 amide bonds. The molecule has 0 unspecified atom stereocenters. The average molecular weight is 221 g/mol. The van der Waals surface area contributed by atoms with Gasteiger partial charge in [0.15, 0.2) is 0 Å². The van der Waals surface area contributed by atoms with Crippen LogP contribution in [0.15, 0.2) is 24.5 Å². The summed E-state index contributed by atoms with van der Waals surface area (Å²) < 4.78 is 0. The van der Waals surface area contributed by atoms with Crippen LogP contribution in [0.1, 0.15) is 12.0 Å². The van der Waals surface area contributed by atoms with E-state index in [1.54, 1.807) is 12.4 Å². The first-order valence-electron chi connectivity index (χ1n) is 5.27. The summed E-state index contributed by atoms with van der Waals surface area (Å²) in [5.74, 6) is -0.124. The van der Waals surface area contributed by atoms with Crippen molar-refractivity contribution in [3.8, 4) is 0 Å². The van der Waals surface area contributed by atoms with Crippen LogP contribution in [0.4, 0.5) is 0 Å². The summed E-state index contributed by atoms with van der Waals surface area (Å²) in [4.78, 5) is 15.4. The molecule has 5 nitrogen and oxygen atoms in total. The Balaban J connectivity index is 1.76. The third-order valence-electron chi connectivity index (χ3n) is 2.64. The molecular formula is C11H15N3O2. The molecule has 0 aliphatic carbocycles. The molecule has 0 aromatic carbocycles. The number of amides is 1. The molecule has 0 bridgehead atoms. The minimum Gasteiger partial charge on any atom is -0.387 e. The molecule has 1 aromatic heterocycles. The van der Waals surface area contributed by atoms with Gasteiger partial charge in [0.25, 0.3) is 0 Å². The van der Waals surface area contributed by atoms with E-state index in [0.29, 0.717) is 19.6 Å². The molecule has 1 aliphatic heterocycles. The number of carbonyl (C=O) groups excluding carboxylic acids is 1. The fourth-order valence-electron chi connectivity index (χ4n) is 1.60. The van der Waals surface area contributed by atoms with Gasteiger partial charge in [-0.15, -0.1) is 0 Å². The van der Waals surface area contributed by atoms with Crippen molar-refractivity contribution >= 4 is 5.91 Å². The fraction of sp³-hybridized carbons (Fsp3) is 0.455. The molecule has 0 spiro atoms. The normalized spacial score (nSPS) is 17.6. The number of rotatable bonds is 4. The number of pyridine rings is 1. The van der Waals surface area contributed by atoms with Gasteiger partial charge < -0.3 is 15.7 Å². The van der Waals surface area contributed by atoms with Gasteiger partial charge >= 0.3 is 0 Å². The topological polar surface area (TPSA) is 74.2 Å². The first-order valence-corrected chi connectivity index (χ1v) is 5.27. The maximum atomic E-state index is 11.5. The maximum absolute atomic E-state index is 11.5. The maximum Gasteiger partial charge on any atom is 0.223 e. The molecular weight excluding hydrogens is 206 g/mol. The van der Waals surface area contributed by atoms with Gasteiger partial charge in [-0.2, -0.15) is 0 Å². The Morgan fingerprint density at radius 2 is 2.19 bits per heavy atom. The van der Waals surface area contributed by atoms with Crippen molar-refractivity contribution in [3.05, 3.63) is 30.1 Å². The highest BCUT2D eigenvalue weighted by Gasteiger charge is 2.36. The highest BCUT2D eigenvalue weighted by Crippen LogP contribution is 2.14. The van der Waals surface area contributed by atoms with Gasteiger partial charge in [-0.25, -0.2) is 0 Å². The summed E-state index contributed by atoms with van der Waals surface area (Å²) in [7, 11) is 0. The lowest BCUT2D eigenvalue weighted by atomic mass is 9.93. The van der Waals surface area contributed by atoms with Crippen LogP contribution in [0.3, 0.4) is 0 Å².